The van der Waals surface area contributed by atoms with Crippen LogP contribution in [-0.2, 0) is 19.1 Å². The monoisotopic (exact) mass is 760 g/mol. The standard InChI is InChI=1S/C23H24N2O2.C20H24N2O3.2C2H6/c1-17(20-13-7-9-18-8-5-6-12-21(18)20)24-23(26)22-16-25(14-15-27-22)19-10-3-2-4-11-19;1-15(16-7-6-10-18(13-16)24-2)21-20(23)19-14-22(11-12-25-19)17-8-4-3-5-9-17;2*1-2/h2-13,17,22H,14-16H2,1H3,(H,24,26);3-10,13,15,19H,11-12,14H2,1-2H3,(H,21,23);2*1-2H3/t17-,22?;15-,19?;;/m11../s1. The van der Waals surface area contributed by atoms with Crippen LogP contribution in [0.1, 0.15) is 64.8 Å². The van der Waals surface area contributed by atoms with Gasteiger partial charge in [0.15, 0.2) is 12.2 Å². The quantitative estimate of drug-likeness (QED) is 0.155. The van der Waals surface area contributed by atoms with Crippen LogP contribution in [-0.4, -0.2) is 70.5 Å². The molecule has 2 aliphatic rings. The molecule has 2 heterocycles. The van der Waals surface area contributed by atoms with Crippen molar-refractivity contribution >= 4 is 34.0 Å². The van der Waals surface area contributed by atoms with Crippen molar-refractivity contribution in [2.24, 2.45) is 0 Å². The van der Waals surface area contributed by atoms with E-state index in [-0.39, 0.29) is 23.9 Å². The maximum atomic E-state index is 12.8. The van der Waals surface area contributed by atoms with E-state index in [4.69, 9.17) is 14.2 Å². The molecule has 0 bridgehead atoms. The van der Waals surface area contributed by atoms with E-state index in [0.29, 0.717) is 26.3 Å². The van der Waals surface area contributed by atoms with Gasteiger partial charge >= 0.3 is 0 Å². The van der Waals surface area contributed by atoms with Crippen molar-refractivity contribution in [1.29, 1.82) is 0 Å². The van der Waals surface area contributed by atoms with E-state index in [0.717, 1.165) is 41.3 Å². The summed E-state index contributed by atoms with van der Waals surface area (Å²) in [6.45, 7) is 15.8. The minimum Gasteiger partial charge on any atom is -0.497 e. The van der Waals surface area contributed by atoms with Gasteiger partial charge in [-0.2, -0.15) is 0 Å². The summed E-state index contributed by atoms with van der Waals surface area (Å²) in [6, 6.07) is 42.3. The average Bonchev–Trinajstić information content (AvgIpc) is 3.28. The molecule has 2 aliphatic heterocycles. The molecule has 9 heteroatoms. The van der Waals surface area contributed by atoms with Crippen molar-refractivity contribution in [3.05, 3.63) is 139 Å². The highest BCUT2D eigenvalue weighted by Crippen LogP contribution is 2.25. The van der Waals surface area contributed by atoms with E-state index < -0.39 is 12.2 Å². The summed E-state index contributed by atoms with van der Waals surface area (Å²) >= 11 is 0. The zero-order chi connectivity index (χ0) is 40.3. The van der Waals surface area contributed by atoms with Crippen molar-refractivity contribution in [1.82, 2.24) is 10.6 Å². The molecular formula is C47H60N4O5. The number of ether oxygens (including phenoxy) is 3. The first kappa shape index (κ1) is 43.3. The van der Waals surface area contributed by atoms with E-state index in [2.05, 4.69) is 69.0 Å². The second kappa shape index (κ2) is 22.9. The van der Waals surface area contributed by atoms with Gasteiger partial charge in [0, 0.05) is 24.5 Å². The molecule has 0 aromatic heterocycles. The minimum atomic E-state index is -0.470. The zero-order valence-corrected chi connectivity index (χ0v) is 34.1. The molecule has 2 amide bonds. The van der Waals surface area contributed by atoms with Crippen molar-refractivity contribution in [2.75, 3.05) is 56.3 Å². The average molecular weight is 761 g/mol. The molecule has 5 aromatic rings. The number of carbonyl (C=O) groups is 2. The molecular weight excluding hydrogens is 701 g/mol. The molecule has 0 aliphatic carbocycles. The minimum absolute atomic E-state index is 0.0592. The van der Waals surface area contributed by atoms with Gasteiger partial charge in [-0.05, 0) is 72.1 Å². The van der Waals surface area contributed by atoms with E-state index in [9.17, 15) is 9.59 Å². The van der Waals surface area contributed by atoms with Crippen LogP contribution >= 0.6 is 0 Å². The Balaban J connectivity index is 0.000000229. The van der Waals surface area contributed by atoms with Gasteiger partial charge in [0.25, 0.3) is 11.8 Å². The number of rotatable bonds is 9. The summed E-state index contributed by atoms with van der Waals surface area (Å²) in [7, 11) is 1.64. The molecule has 2 N–H and O–H groups in total. The topological polar surface area (TPSA) is 92.4 Å². The predicted molar refractivity (Wildman–Crippen MR) is 230 cm³/mol. The molecule has 0 spiro atoms. The van der Waals surface area contributed by atoms with Crippen LogP contribution in [0.25, 0.3) is 10.8 Å². The second-order valence-corrected chi connectivity index (χ2v) is 13.1. The Morgan fingerprint density at radius 2 is 1.11 bits per heavy atom. The Kier molecular flexibility index (Phi) is 17.7. The highest BCUT2D eigenvalue weighted by Gasteiger charge is 2.29. The molecule has 4 atom stereocenters. The van der Waals surface area contributed by atoms with E-state index in [1.54, 1.807) is 7.11 Å². The number of methoxy groups -OCH3 is 1. The summed E-state index contributed by atoms with van der Waals surface area (Å²) in [6.07, 6.45) is -0.932. The molecule has 7 rings (SSSR count). The fourth-order valence-corrected chi connectivity index (χ4v) is 6.68. The smallest absolute Gasteiger partial charge is 0.251 e. The largest absolute Gasteiger partial charge is 0.497 e. The Bertz CT molecular complexity index is 1900. The van der Waals surface area contributed by atoms with Crippen LogP contribution in [0.4, 0.5) is 11.4 Å². The number of anilines is 2. The lowest BCUT2D eigenvalue weighted by molar-refractivity contribution is -0.134. The van der Waals surface area contributed by atoms with Gasteiger partial charge in [-0.15, -0.1) is 0 Å². The summed E-state index contributed by atoms with van der Waals surface area (Å²) < 4.78 is 16.7. The van der Waals surface area contributed by atoms with E-state index in [1.165, 1.54) is 10.8 Å². The van der Waals surface area contributed by atoms with Crippen LogP contribution in [0.2, 0.25) is 0 Å². The summed E-state index contributed by atoms with van der Waals surface area (Å²) in [5.41, 5.74) is 4.37. The van der Waals surface area contributed by atoms with Crippen LogP contribution in [0.3, 0.4) is 0 Å². The predicted octanol–water partition coefficient (Wildman–Crippen LogP) is 8.75. The van der Waals surface area contributed by atoms with Crippen molar-refractivity contribution in [3.63, 3.8) is 0 Å². The number of amides is 2. The Morgan fingerprint density at radius 1 is 0.625 bits per heavy atom. The molecule has 0 radical (unpaired) electrons. The number of nitrogens with zero attached hydrogens (tertiary/aromatic N) is 2. The third kappa shape index (κ3) is 12.1. The van der Waals surface area contributed by atoms with Gasteiger partial charge < -0.3 is 34.6 Å². The number of nitrogens with one attached hydrogen (secondary N) is 2. The molecule has 2 saturated heterocycles. The number of fused-ring (bicyclic) bond motifs is 1. The second-order valence-electron chi connectivity index (χ2n) is 13.1. The van der Waals surface area contributed by atoms with Gasteiger partial charge in [0.2, 0.25) is 0 Å². The van der Waals surface area contributed by atoms with Gasteiger partial charge in [0.1, 0.15) is 5.75 Å². The lowest BCUT2D eigenvalue weighted by Gasteiger charge is -2.34. The van der Waals surface area contributed by atoms with Gasteiger partial charge in [-0.1, -0.05) is 119 Å². The number of benzene rings is 5. The number of morpholine rings is 2. The highest BCUT2D eigenvalue weighted by molar-refractivity contribution is 5.87. The normalized spacial score (nSPS) is 17.3. The number of hydrogen-bond acceptors (Lipinski definition) is 7. The Hall–Kier alpha value is -5.38. The highest BCUT2D eigenvalue weighted by atomic mass is 16.5. The third-order valence-corrected chi connectivity index (χ3v) is 9.56. The summed E-state index contributed by atoms with van der Waals surface area (Å²) in [5, 5.41) is 8.53. The zero-order valence-electron chi connectivity index (χ0n) is 34.1. The summed E-state index contributed by atoms with van der Waals surface area (Å²) in [4.78, 5) is 29.8. The van der Waals surface area contributed by atoms with Gasteiger partial charge in [-0.25, -0.2) is 0 Å². The molecule has 298 valence electrons. The van der Waals surface area contributed by atoms with Crippen LogP contribution in [0.15, 0.2) is 127 Å². The SMILES string of the molecule is CC.CC.COc1cccc([C@@H](C)NC(=O)C2CN(c3ccccc3)CCO2)c1.C[C@@H](NC(=O)C1CN(c2ccccc2)CCO1)c1cccc2ccccc12. The fourth-order valence-electron chi connectivity index (χ4n) is 6.68. The Labute approximate surface area is 334 Å². The molecule has 5 aromatic carbocycles. The summed E-state index contributed by atoms with van der Waals surface area (Å²) in [5.74, 6) is 0.634. The first-order valence-corrected chi connectivity index (χ1v) is 19.9. The molecule has 56 heavy (non-hydrogen) atoms. The maximum absolute atomic E-state index is 12.8. The van der Waals surface area contributed by atoms with Crippen molar-refractivity contribution in [3.8, 4) is 5.75 Å². The molecule has 2 unspecified atom stereocenters. The van der Waals surface area contributed by atoms with Crippen LogP contribution in [0.5, 0.6) is 5.75 Å². The Morgan fingerprint density at radius 3 is 1.66 bits per heavy atom. The van der Waals surface area contributed by atoms with Gasteiger partial charge in [-0.3, -0.25) is 9.59 Å². The van der Waals surface area contributed by atoms with E-state index in [1.807, 2.05) is 120 Å². The first-order chi connectivity index (χ1) is 27.4. The third-order valence-electron chi connectivity index (χ3n) is 9.56. The molecule has 2 fully saturated rings. The maximum Gasteiger partial charge on any atom is 0.251 e. The van der Waals surface area contributed by atoms with Crippen molar-refractivity contribution < 1.29 is 23.8 Å². The lowest BCUT2D eigenvalue weighted by Crippen LogP contribution is -2.50. The molecule has 0 saturated carbocycles. The molecule has 9 nitrogen and oxygen atoms in total. The lowest BCUT2D eigenvalue weighted by atomic mass is 9.99. The fraction of sp³-hybridized carbons (Fsp3) is 0.362. The number of carbonyl (C=O) groups excluding carboxylic acids is 2. The van der Waals surface area contributed by atoms with Crippen LogP contribution < -0.4 is 25.2 Å². The van der Waals surface area contributed by atoms with Crippen molar-refractivity contribution in [2.45, 2.75) is 65.8 Å². The van der Waals surface area contributed by atoms with E-state index >= 15 is 0 Å². The number of hydrogen-bond donors (Lipinski definition) is 2. The van der Waals surface area contributed by atoms with Gasteiger partial charge in [0.05, 0.1) is 45.5 Å². The van der Waals surface area contributed by atoms with Crippen LogP contribution in [0, 0.1) is 0 Å². The number of para-hydroxylation sites is 2. The first-order valence-electron chi connectivity index (χ1n) is 19.9.